The van der Waals surface area contributed by atoms with Gasteiger partial charge in [0, 0.05) is 0 Å². The highest BCUT2D eigenvalue weighted by Gasteiger charge is 2.34. The van der Waals surface area contributed by atoms with E-state index in [1.165, 1.54) is 0 Å². The molecule has 0 aliphatic heterocycles. The van der Waals surface area contributed by atoms with E-state index in [1.54, 1.807) is 27.7 Å². The first-order chi connectivity index (χ1) is 6.12. The van der Waals surface area contributed by atoms with Crippen LogP contribution in [-0.4, -0.2) is 21.4 Å². The highest BCUT2D eigenvalue weighted by molar-refractivity contribution is 5.47. The Morgan fingerprint density at radius 3 is 1.43 bits per heavy atom. The SMILES string of the molecule is CC1C=C(C(C)(C)O)C(C(C)(C)O)=C1. The van der Waals surface area contributed by atoms with Crippen molar-refractivity contribution in [2.75, 3.05) is 0 Å². The average Bonchev–Trinajstić information content (AvgIpc) is 2.27. The molecule has 0 atom stereocenters. The zero-order chi connectivity index (χ0) is 11.1. The summed E-state index contributed by atoms with van der Waals surface area (Å²) in [5.41, 5.74) is -0.0669. The molecular formula is C12H20O2. The molecule has 1 aliphatic rings. The molecule has 0 aromatic heterocycles. The summed E-state index contributed by atoms with van der Waals surface area (Å²) in [7, 11) is 0. The van der Waals surface area contributed by atoms with Crippen molar-refractivity contribution in [3.63, 3.8) is 0 Å². The summed E-state index contributed by atoms with van der Waals surface area (Å²) >= 11 is 0. The second-order valence-electron chi connectivity index (χ2n) is 5.14. The molecular weight excluding hydrogens is 176 g/mol. The fourth-order valence-corrected chi connectivity index (χ4v) is 1.82. The quantitative estimate of drug-likeness (QED) is 0.709. The molecule has 0 fully saturated rings. The fraction of sp³-hybridized carbons (Fsp3) is 0.667. The van der Waals surface area contributed by atoms with Gasteiger partial charge in [0.25, 0.3) is 0 Å². The van der Waals surface area contributed by atoms with Gasteiger partial charge in [-0.1, -0.05) is 19.1 Å². The predicted octanol–water partition coefficient (Wildman–Crippen LogP) is 2.03. The number of hydrogen-bond acceptors (Lipinski definition) is 2. The van der Waals surface area contributed by atoms with Crippen molar-refractivity contribution in [3.8, 4) is 0 Å². The van der Waals surface area contributed by atoms with E-state index in [0.29, 0.717) is 0 Å². The van der Waals surface area contributed by atoms with Gasteiger partial charge in [-0.05, 0) is 44.8 Å². The van der Waals surface area contributed by atoms with Gasteiger partial charge in [0.15, 0.2) is 0 Å². The minimum Gasteiger partial charge on any atom is -0.386 e. The van der Waals surface area contributed by atoms with E-state index in [2.05, 4.69) is 0 Å². The molecule has 2 N–H and O–H groups in total. The molecule has 14 heavy (non-hydrogen) atoms. The molecule has 2 heteroatoms. The zero-order valence-electron chi connectivity index (χ0n) is 9.63. The van der Waals surface area contributed by atoms with Crippen molar-refractivity contribution in [3.05, 3.63) is 23.3 Å². The van der Waals surface area contributed by atoms with Crippen LogP contribution in [-0.2, 0) is 0 Å². The van der Waals surface area contributed by atoms with E-state index >= 15 is 0 Å². The van der Waals surface area contributed by atoms with E-state index in [1.807, 2.05) is 19.1 Å². The van der Waals surface area contributed by atoms with E-state index < -0.39 is 11.2 Å². The van der Waals surface area contributed by atoms with Gasteiger partial charge < -0.3 is 10.2 Å². The van der Waals surface area contributed by atoms with Gasteiger partial charge in [-0.3, -0.25) is 0 Å². The molecule has 0 unspecified atom stereocenters. The Morgan fingerprint density at radius 2 is 1.21 bits per heavy atom. The summed E-state index contributed by atoms with van der Waals surface area (Å²) in [6.45, 7) is 9.03. The molecule has 0 amide bonds. The van der Waals surface area contributed by atoms with Crippen LogP contribution in [0.4, 0.5) is 0 Å². The Bertz CT molecular complexity index is 254. The number of hydrogen-bond donors (Lipinski definition) is 2. The maximum atomic E-state index is 9.95. The van der Waals surface area contributed by atoms with Crippen LogP contribution < -0.4 is 0 Å². The molecule has 0 saturated heterocycles. The second kappa shape index (κ2) is 3.21. The lowest BCUT2D eigenvalue weighted by Crippen LogP contribution is -2.31. The van der Waals surface area contributed by atoms with Crippen LogP contribution in [0.1, 0.15) is 34.6 Å². The van der Waals surface area contributed by atoms with Crippen LogP contribution in [0.15, 0.2) is 23.3 Å². The molecule has 1 rings (SSSR count). The van der Waals surface area contributed by atoms with E-state index in [9.17, 15) is 10.2 Å². The smallest absolute Gasteiger partial charge is 0.0841 e. The van der Waals surface area contributed by atoms with Gasteiger partial charge in [-0.25, -0.2) is 0 Å². The van der Waals surface area contributed by atoms with E-state index in [4.69, 9.17) is 0 Å². The van der Waals surface area contributed by atoms with Gasteiger partial charge in [0.2, 0.25) is 0 Å². The van der Waals surface area contributed by atoms with Gasteiger partial charge in [0.1, 0.15) is 0 Å². The molecule has 0 aromatic carbocycles. The summed E-state index contributed by atoms with van der Waals surface area (Å²) in [5, 5.41) is 19.9. The minimum absolute atomic E-state index is 0.290. The lowest BCUT2D eigenvalue weighted by atomic mass is 9.85. The molecule has 0 radical (unpaired) electrons. The first kappa shape index (κ1) is 11.5. The lowest BCUT2D eigenvalue weighted by molar-refractivity contribution is 0.0936. The van der Waals surface area contributed by atoms with Gasteiger partial charge in [0.05, 0.1) is 11.2 Å². The molecule has 80 valence electrons. The van der Waals surface area contributed by atoms with Crippen LogP contribution in [0, 0.1) is 5.92 Å². The fourth-order valence-electron chi connectivity index (χ4n) is 1.82. The number of rotatable bonds is 2. The van der Waals surface area contributed by atoms with Gasteiger partial charge >= 0.3 is 0 Å². The topological polar surface area (TPSA) is 40.5 Å². The van der Waals surface area contributed by atoms with Crippen LogP contribution in [0.2, 0.25) is 0 Å². The molecule has 0 spiro atoms. The highest BCUT2D eigenvalue weighted by atomic mass is 16.3. The summed E-state index contributed by atoms with van der Waals surface area (Å²) in [6.07, 6.45) is 4.01. The van der Waals surface area contributed by atoms with Crippen molar-refractivity contribution in [1.29, 1.82) is 0 Å². The number of aliphatic hydroxyl groups is 2. The Balaban J connectivity index is 3.10. The largest absolute Gasteiger partial charge is 0.386 e. The van der Waals surface area contributed by atoms with Gasteiger partial charge in [-0.15, -0.1) is 0 Å². The molecule has 0 bridgehead atoms. The molecule has 2 nitrogen and oxygen atoms in total. The number of allylic oxidation sites excluding steroid dienone is 2. The summed E-state index contributed by atoms with van der Waals surface area (Å²) in [5.74, 6) is 0.290. The van der Waals surface area contributed by atoms with Crippen LogP contribution in [0.25, 0.3) is 0 Å². The molecule has 0 saturated carbocycles. The standard InChI is InChI=1S/C12H20O2/c1-8-6-9(11(2,3)13)10(7-8)12(4,5)14/h6-8,13-14H,1-5H3. The van der Waals surface area contributed by atoms with Crippen molar-refractivity contribution >= 4 is 0 Å². The Hall–Kier alpha value is -0.600. The van der Waals surface area contributed by atoms with E-state index in [-0.39, 0.29) is 5.92 Å². The van der Waals surface area contributed by atoms with Crippen LogP contribution in [0.5, 0.6) is 0 Å². The maximum absolute atomic E-state index is 9.95. The summed E-state index contributed by atoms with van der Waals surface area (Å²) in [4.78, 5) is 0. The Labute approximate surface area is 86.0 Å². The minimum atomic E-state index is -0.878. The third-order valence-corrected chi connectivity index (χ3v) is 2.47. The Kier molecular flexibility index (Phi) is 2.63. The normalized spacial score (nSPS) is 19.6. The second-order valence-corrected chi connectivity index (χ2v) is 5.14. The lowest BCUT2D eigenvalue weighted by Gasteiger charge is -2.28. The van der Waals surface area contributed by atoms with Crippen molar-refractivity contribution in [2.24, 2.45) is 5.92 Å². The van der Waals surface area contributed by atoms with E-state index in [0.717, 1.165) is 11.1 Å². The first-order valence-electron chi connectivity index (χ1n) is 5.02. The molecule has 0 heterocycles. The summed E-state index contributed by atoms with van der Waals surface area (Å²) in [6, 6.07) is 0. The monoisotopic (exact) mass is 196 g/mol. The summed E-state index contributed by atoms with van der Waals surface area (Å²) < 4.78 is 0. The average molecular weight is 196 g/mol. The van der Waals surface area contributed by atoms with Gasteiger partial charge in [-0.2, -0.15) is 0 Å². The van der Waals surface area contributed by atoms with Crippen LogP contribution in [0.3, 0.4) is 0 Å². The van der Waals surface area contributed by atoms with Crippen molar-refractivity contribution < 1.29 is 10.2 Å². The highest BCUT2D eigenvalue weighted by Crippen LogP contribution is 2.37. The molecule has 1 aliphatic carbocycles. The zero-order valence-corrected chi connectivity index (χ0v) is 9.63. The predicted molar refractivity (Wildman–Crippen MR) is 57.9 cm³/mol. The van der Waals surface area contributed by atoms with Crippen LogP contribution >= 0.6 is 0 Å². The van der Waals surface area contributed by atoms with Crippen molar-refractivity contribution in [2.45, 2.75) is 45.8 Å². The third-order valence-electron chi connectivity index (χ3n) is 2.47. The first-order valence-corrected chi connectivity index (χ1v) is 5.02. The molecule has 0 aromatic rings. The van der Waals surface area contributed by atoms with Crippen molar-refractivity contribution in [1.82, 2.24) is 0 Å². The maximum Gasteiger partial charge on any atom is 0.0841 e. The Morgan fingerprint density at radius 1 is 0.929 bits per heavy atom. The third kappa shape index (κ3) is 2.25.